The van der Waals surface area contributed by atoms with Gasteiger partial charge >= 0.3 is 0 Å². The number of benzene rings is 1. The number of nitrogens with zero attached hydrogens (tertiary/aromatic N) is 3. The molecule has 1 aromatic carbocycles. The lowest BCUT2D eigenvalue weighted by atomic mass is 10.2. The maximum Gasteiger partial charge on any atom is 0.271 e. The van der Waals surface area contributed by atoms with Crippen molar-refractivity contribution in [3.8, 4) is 0 Å². The van der Waals surface area contributed by atoms with Gasteiger partial charge in [-0.15, -0.1) is 0 Å². The van der Waals surface area contributed by atoms with Gasteiger partial charge in [-0.3, -0.25) is 9.59 Å². The molecular formula is C19H24N4O2. The largest absolute Gasteiger partial charge is 0.366 e. The van der Waals surface area contributed by atoms with Crippen LogP contribution in [0.4, 0.5) is 5.69 Å². The Hall–Kier alpha value is -2.63. The molecule has 25 heavy (non-hydrogen) atoms. The minimum Gasteiger partial charge on any atom is -0.366 e. The fourth-order valence-corrected chi connectivity index (χ4v) is 3.20. The van der Waals surface area contributed by atoms with Crippen LogP contribution in [-0.4, -0.2) is 34.8 Å². The lowest BCUT2D eigenvalue weighted by molar-refractivity contribution is 0.0944. The molecule has 3 rings (SSSR count). The molecule has 0 spiro atoms. The Kier molecular flexibility index (Phi) is 5.16. The van der Waals surface area contributed by atoms with E-state index in [1.165, 1.54) is 28.1 Å². The van der Waals surface area contributed by atoms with Crippen LogP contribution in [0.5, 0.6) is 0 Å². The van der Waals surface area contributed by atoms with E-state index < -0.39 is 0 Å². The van der Waals surface area contributed by atoms with Crippen molar-refractivity contribution < 1.29 is 4.79 Å². The van der Waals surface area contributed by atoms with Crippen LogP contribution in [0.3, 0.4) is 0 Å². The minimum absolute atomic E-state index is 0.180. The van der Waals surface area contributed by atoms with Crippen LogP contribution in [0.25, 0.3) is 0 Å². The maximum absolute atomic E-state index is 12.4. The fraction of sp³-hybridized carbons (Fsp3) is 0.421. The first-order valence-corrected chi connectivity index (χ1v) is 8.81. The van der Waals surface area contributed by atoms with Crippen molar-refractivity contribution in [1.29, 1.82) is 0 Å². The maximum atomic E-state index is 12.4. The summed E-state index contributed by atoms with van der Waals surface area (Å²) in [5, 5.41) is 7.09. The third-order valence-electron chi connectivity index (χ3n) is 4.55. The monoisotopic (exact) mass is 340 g/mol. The number of amides is 1. The van der Waals surface area contributed by atoms with E-state index in [4.69, 9.17) is 0 Å². The number of carbonyl (C=O) groups excluding carboxylic acids is 1. The van der Waals surface area contributed by atoms with Crippen LogP contribution < -0.4 is 15.8 Å². The Labute approximate surface area is 147 Å². The molecule has 2 aromatic rings. The molecule has 0 saturated carbocycles. The van der Waals surface area contributed by atoms with Crippen LogP contribution in [0.2, 0.25) is 0 Å². The molecule has 1 aliphatic rings. The molecule has 132 valence electrons. The first kappa shape index (κ1) is 17.2. The Morgan fingerprint density at radius 1 is 1.28 bits per heavy atom. The molecular weight excluding hydrogens is 316 g/mol. The SMILES string of the molecule is CCCn1nc(C(=O)NCC(C)N2CCc3ccccc32)ccc1=O. The number of para-hydroxylation sites is 1. The van der Waals surface area contributed by atoms with Crippen LogP contribution >= 0.6 is 0 Å². The standard InChI is InChI=1S/C19H24N4O2/c1-3-11-23-18(24)9-8-16(21-23)19(25)20-13-14(2)22-12-10-15-6-4-5-7-17(15)22/h4-9,14H,3,10-13H2,1-2H3,(H,20,25). The van der Waals surface area contributed by atoms with Gasteiger partial charge in [0.15, 0.2) is 0 Å². The average molecular weight is 340 g/mol. The van der Waals surface area contributed by atoms with Gasteiger partial charge in [-0.05, 0) is 37.5 Å². The van der Waals surface area contributed by atoms with Crippen molar-refractivity contribution in [3.63, 3.8) is 0 Å². The van der Waals surface area contributed by atoms with Crippen molar-refractivity contribution in [2.75, 3.05) is 18.0 Å². The summed E-state index contributed by atoms with van der Waals surface area (Å²) in [5.74, 6) is -0.246. The third kappa shape index (κ3) is 3.73. The molecule has 1 unspecified atom stereocenters. The highest BCUT2D eigenvalue weighted by Crippen LogP contribution is 2.28. The zero-order valence-electron chi connectivity index (χ0n) is 14.7. The number of hydrogen-bond donors (Lipinski definition) is 1. The first-order valence-electron chi connectivity index (χ1n) is 8.81. The molecule has 2 heterocycles. The highest BCUT2D eigenvalue weighted by atomic mass is 16.2. The Morgan fingerprint density at radius 3 is 2.88 bits per heavy atom. The van der Waals surface area contributed by atoms with Crippen LogP contribution in [0.15, 0.2) is 41.2 Å². The number of anilines is 1. The van der Waals surface area contributed by atoms with Gasteiger partial charge in [-0.25, -0.2) is 4.68 Å². The Morgan fingerprint density at radius 2 is 2.08 bits per heavy atom. The normalized spacial score (nSPS) is 14.2. The first-order chi connectivity index (χ1) is 12.1. The highest BCUT2D eigenvalue weighted by Gasteiger charge is 2.23. The highest BCUT2D eigenvalue weighted by molar-refractivity contribution is 5.92. The lowest BCUT2D eigenvalue weighted by Gasteiger charge is -2.27. The van der Waals surface area contributed by atoms with Crippen molar-refractivity contribution in [1.82, 2.24) is 15.1 Å². The summed E-state index contributed by atoms with van der Waals surface area (Å²) in [5.41, 5.74) is 2.70. The molecule has 1 aliphatic heterocycles. The molecule has 6 nitrogen and oxygen atoms in total. The zero-order valence-corrected chi connectivity index (χ0v) is 14.7. The van der Waals surface area contributed by atoms with Crippen LogP contribution in [0, 0.1) is 0 Å². The number of aryl methyl sites for hydroxylation is 1. The van der Waals surface area contributed by atoms with Gasteiger partial charge in [0.2, 0.25) is 0 Å². The van der Waals surface area contributed by atoms with Gasteiger partial charge in [0.1, 0.15) is 5.69 Å². The second-order valence-corrected chi connectivity index (χ2v) is 6.41. The van der Waals surface area contributed by atoms with Crippen molar-refractivity contribution in [2.24, 2.45) is 0 Å². The van der Waals surface area contributed by atoms with Crippen LogP contribution in [-0.2, 0) is 13.0 Å². The van der Waals surface area contributed by atoms with E-state index in [0.29, 0.717) is 13.1 Å². The molecule has 0 bridgehead atoms. The predicted octanol–water partition coefficient (Wildman–Crippen LogP) is 1.83. The summed E-state index contributed by atoms with van der Waals surface area (Å²) in [6, 6.07) is 11.5. The second kappa shape index (κ2) is 7.51. The van der Waals surface area contributed by atoms with Gasteiger partial charge < -0.3 is 10.2 Å². The van der Waals surface area contributed by atoms with E-state index in [9.17, 15) is 9.59 Å². The number of carbonyl (C=O) groups is 1. The summed E-state index contributed by atoms with van der Waals surface area (Å²) in [7, 11) is 0. The van der Waals surface area contributed by atoms with E-state index in [2.05, 4.69) is 40.4 Å². The fourth-order valence-electron chi connectivity index (χ4n) is 3.20. The van der Waals surface area contributed by atoms with Gasteiger partial charge in [-0.1, -0.05) is 25.1 Å². The lowest BCUT2D eigenvalue weighted by Crippen LogP contribution is -2.42. The number of rotatable bonds is 6. The number of nitrogens with one attached hydrogen (secondary N) is 1. The summed E-state index contributed by atoms with van der Waals surface area (Å²) in [6.07, 6.45) is 1.83. The van der Waals surface area contributed by atoms with Crippen molar-refractivity contribution in [3.05, 3.63) is 58.0 Å². The molecule has 0 saturated heterocycles. The van der Waals surface area contributed by atoms with E-state index in [1.807, 2.05) is 13.0 Å². The summed E-state index contributed by atoms with van der Waals surface area (Å²) >= 11 is 0. The number of hydrogen-bond acceptors (Lipinski definition) is 4. The van der Waals surface area contributed by atoms with Crippen molar-refractivity contribution >= 4 is 11.6 Å². The molecule has 1 atom stereocenters. The smallest absolute Gasteiger partial charge is 0.271 e. The topological polar surface area (TPSA) is 67.2 Å². The molecule has 0 radical (unpaired) electrons. The van der Waals surface area contributed by atoms with Crippen molar-refractivity contribution in [2.45, 2.75) is 39.3 Å². The number of fused-ring (bicyclic) bond motifs is 1. The second-order valence-electron chi connectivity index (χ2n) is 6.41. The zero-order chi connectivity index (χ0) is 17.8. The van der Waals surface area contributed by atoms with Gasteiger partial charge in [0.25, 0.3) is 11.5 Å². The Bertz CT molecular complexity index is 815. The quantitative estimate of drug-likeness (QED) is 0.871. The summed E-state index contributed by atoms with van der Waals surface area (Å²) in [6.45, 7) is 6.09. The molecule has 0 aliphatic carbocycles. The molecule has 1 aromatic heterocycles. The van der Waals surface area contributed by atoms with Gasteiger partial charge in [-0.2, -0.15) is 5.10 Å². The van der Waals surface area contributed by atoms with Crippen LogP contribution in [0.1, 0.15) is 36.3 Å². The van der Waals surface area contributed by atoms with E-state index in [0.717, 1.165) is 19.4 Å². The van der Waals surface area contributed by atoms with Gasteiger partial charge in [0, 0.05) is 37.4 Å². The third-order valence-corrected chi connectivity index (χ3v) is 4.55. The molecule has 6 heteroatoms. The summed E-state index contributed by atoms with van der Waals surface area (Å²) < 4.78 is 1.34. The molecule has 1 amide bonds. The minimum atomic E-state index is -0.246. The van der Waals surface area contributed by atoms with E-state index >= 15 is 0 Å². The molecule has 1 N–H and O–H groups in total. The van der Waals surface area contributed by atoms with E-state index in [-0.39, 0.29) is 23.2 Å². The Balaban J connectivity index is 1.63. The van der Waals surface area contributed by atoms with Gasteiger partial charge in [0.05, 0.1) is 0 Å². The predicted molar refractivity (Wildman–Crippen MR) is 98.1 cm³/mol. The summed E-state index contributed by atoms with van der Waals surface area (Å²) in [4.78, 5) is 26.4. The average Bonchev–Trinajstić information content (AvgIpc) is 3.05. The number of aromatic nitrogens is 2. The molecule has 0 fully saturated rings. The van der Waals surface area contributed by atoms with E-state index in [1.54, 1.807) is 0 Å².